The summed E-state index contributed by atoms with van der Waals surface area (Å²) >= 11 is 1.24. The molecular weight excluding hydrogens is 788 g/mol. The molecule has 314 valence electrons. The van der Waals surface area contributed by atoms with Crippen molar-refractivity contribution in [1.82, 2.24) is 25.1 Å². The van der Waals surface area contributed by atoms with Crippen LogP contribution in [-0.4, -0.2) is 104 Å². The molecule has 4 N–H and O–H groups in total. The highest BCUT2D eigenvalue weighted by Crippen LogP contribution is 2.70. The van der Waals surface area contributed by atoms with E-state index in [4.69, 9.17) is 19.2 Å². The summed E-state index contributed by atoms with van der Waals surface area (Å²) in [5, 5.41) is 6.54. The van der Waals surface area contributed by atoms with Crippen molar-refractivity contribution in [3.8, 4) is 22.9 Å². The zero-order chi connectivity index (χ0) is 42.3. The van der Waals surface area contributed by atoms with Crippen molar-refractivity contribution in [2.24, 2.45) is 17.3 Å². The minimum atomic E-state index is -4.87. The highest BCUT2D eigenvalue weighted by atomic mass is 32.1. The summed E-state index contributed by atoms with van der Waals surface area (Å²) in [7, 11) is -2.00. The summed E-state index contributed by atoms with van der Waals surface area (Å²) < 4.78 is 30.7. The number of nitrogens with zero attached hydrogens (tertiary/aromatic N) is 4. The van der Waals surface area contributed by atoms with Crippen LogP contribution in [-0.2, 0) is 23.7 Å². The number of likely N-dealkylation sites (tertiary alicyclic amines) is 1. The molecule has 0 spiro atoms. The van der Waals surface area contributed by atoms with Crippen molar-refractivity contribution >= 4 is 58.8 Å². The van der Waals surface area contributed by atoms with Gasteiger partial charge in [-0.25, -0.2) is 14.8 Å². The van der Waals surface area contributed by atoms with Crippen molar-refractivity contribution in [2.75, 3.05) is 26.0 Å². The fourth-order valence-electron chi connectivity index (χ4n) is 7.76. The number of carbonyl (C=O) groups is 4. The molecule has 4 amide bonds. The first-order valence-electron chi connectivity index (χ1n) is 19.4. The number of amides is 4. The lowest BCUT2D eigenvalue weighted by Crippen LogP contribution is -2.58. The molecular formula is C40H53N6O10PS. The van der Waals surface area contributed by atoms with E-state index in [1.165, 1.54) is 36.5 Å². The third kappa shape index (κ3) is 8.73. The molecule has 3 aromatic rings. The number of alkyl carbamates (subject to hydrolysis) is 1. The maximum absolute atomic E-state index is 14.7. The molecule has 2 saturated carbocycles. The van der Waals surface area contributed by atoms with Crippen LogP contribution in [0.5, 0.6) is 11.5 Å². The summed E-state index contributed by atoms with van der Waals surface area (Å²) in [5.41, 5.74) is 0.583. The van der Waals surface area contributed by atoms with E-state index in [1.54, 1.807) is 64.3 Å². The summed E-state index contributed by atoms with van der Waals surface area (Å²) in [6, 6.07) is 4.63. The molecule has 5 atom stereocenters. The molecule has 3 fully saturated rings. The largest absolute Gasteiger partial charge is 0.497 e. The van der Waals surface area contributed by atoms with Crippen LogP contribution in [0.4, 0.5) is 9.93 Å². The molecule has 18 heteroatoms. The van der Waals surface area contributed by atoms with E-state index in [9.17, 15) is 33.5 Å². The zero-order valence-electron chi connectivity index (χ0n) is 33.9. The maximum Gasteiger partial charge on any atom is 0.408 e. The van der Waals surface area contributed by atoms with Gasteiger partial charge in [-0.05, 0) is 49.7 Å². The number of likely N-dealkylation sites (N-methyl/N-ethyl adjacent to an activating group) is 1. The zero-order valence-corrected chi connectivity index (χ0v) is 35.6. The fraction of sp³-hybridized carbons (Fsp3) is 0.550. The number of methoxy groups -OCH3 is 1. The smallest absolute Gasteiger partial charge is 0.408 e. The first kappa shape index (κ1) is 43.0. The monoisotopic (exact) mass is 840 g/mol. The number of carbonyl (C=O) groups excluding carboxylic acids is 4. The van der Waals surface area contributed by atoms with E-state index < -0.39 is 60.3 Å². The lowest BCUT2D eigenvalue weighted by Gasteiger charge is -2.37. The Hall–Kier alpha value is -4.57. The Labute approximate surface area is 341 Å². The summed E-state index contributed by atoms with van der Waals surface area (Å²) in [4.78, 5) is 87.6. The van der Waals surface area contributed by atoms with Crippen LogP contribution in [0.3, 0.4) is 0 Å². The Kier molecular flexibility index (Phi) is 12.3. The van der Waals surface area contributed by atoms with E-state index in [-0.39, 0.29) is 37.3 Å². The molecule has 2 aromatic heterocycles. The van der Waals surface area contributed by atoms with Gasteiger partial charge in [0.25, 0.3) is 0 Å². The number of fused-ring (bicyclic) bond motifs is 1. The first-order valence-corrected chi connectivity index (χ1v) is 21.9. The van der Waals surface area contributed by atoms with Crippen molar-refractivity contribution in [1.29, 1.82) is 0 Å². The highest BCUT2D eigenvalue weighted by Gasteiger charge is 2.69. The second-order valence-corrected chi connectivity index (χ2v) is 19.4. The number of pyridine rings is 1. The van der Waals surface area contributed by atoms with Gasteiger partial charge in [0, 0.05) is 48.2 Å². The van der Waals surface area contributed by atoms with Crippen LogP contribution in [0.15, 0.2) is 42.3 Å². The molecule has 16 nitrogen and oxygen atoms in total. The van der Waals surface area contributed by atoms with Crippen LogP contribution in [0.25, 0.3) is 22.3 Å². The van der Waals surface area contributed by atoms with E-state index in [2.05, 4.69) is 22.2 Å². The molecule has 1 aromatic carbocycles. The van der Waals surface area contributed by atoms with Gasteiger partial charge >= 0.3 is 13.7 Å². The van der Waals surface area contributed by atoms with Crippen LogP contribution in [0, 0.1) is 17.3 Å². The summed E-state index contributed by atoms with van der Waals surface area (Å²) in [6.45, 7) is 12.6. The van der Waals surface area contributed by atoms with Crippen molar-refractivity contribution in [2.45, 2.75) is 103 Å². The minimum absolute atomic E-state index is 0.0114. The van der Waals surface area contributed by atoms with Gasteiger partial charge in [0.05, 0.1) is 24.9 Å². The second-order valence-electron chi connectivity index (χ2n) is 16.7. The van der Waals surface area contributed by atoms with Crippen LogP contribution in [0.1, 0.15) is 73.1 Å². The predicted molar refractivity (Wildman–Crippen MR) is 218 cm³/mol. The third-order valence-electron chi connectivity index (χ3n) is 11.2. The van der Waals surface area contributed by atoms with E-state index in [0.29, 0.717) is 38.9 Å². The number of aromatic nitrogens is 2. The molecule has 58 heavy (non-hydrogen) atoms. The Morgan fingerprint density at radius 2 is 1.81 bits per heavy atom. The summed E-state index contributed by atoms with van der Waals surface area (Å²) in [5.74, 6) is -1.43. The Bertz CT molecular complexity index is 2130. The Morgan fingerprint density at radius 3 is 2.41 bits per heavy atom. The van der Waals surface area contributed by atoms with Gasteiger partial charge in [-0.3, -0.25) is 18.9 Å². The molecule has 2 aliphatic carbocycles. The minimum Gasteiger partial charge on any atom is -0.497 e. The number of rotatable bonds is 13. The van der Waals surface area contributed by atoms with E-state index >= 15 is 0 Å². The lowest BCUT2D eigenvalue weighted by atomic mass is 9.85. The van der Waals surface area contributed by atoms with Crippen molar-refractivity contribution in [3.63, 3.8) is 0 Å². The molecule has 0 bridgehead atoms. The quantitative estimate of drug-likeness (QED) is 0.117. The molecule has 1 saturated heterocycles. The number of hydrogen-bond donors (Lipinski definition) is 4. The topological polar surface area (TPSA) is 210 Å². The predicted octanol–water partition coefficient (Wildman–Crippen LogP) is 5.93. The van der Waals surface area contributed by atoms with Gasteiger partial charge < -0.3 is 44.4 Å². The SMILES string of the molecule is C=C[C@@H]1C[C@]1(N(C)C(=O)[C@@H]1C[C@@H](Oc2cc(-c3csc(NC(=O)C(C)C)n3)nc3cc(OC)ccc23)CN1C(=O)[C@@H](NC(=O)OC1CCCC1)C(C)(C)C)P(=O)(O)O. The van der Waals surface area contributed by atoms with E-state index in [1.807, 2.05) is 0 Å². The molecule has 0 unspecified atom stereocenters. The van der Waals surface area contributed by atoms with Gasteiger partial charge in [-0.2, -0.15) is 0 Å². The standard InChI is InChI=1S/C40H53N6O10PS/c1-9-23-19-40(23,57(51,52)53)45(7)35(48)31-17-26(20-46(31)36(49)33(39(4,5)6)43-38(50)56-24-12-10-11-13-24)55-32-18-29(41-28-16-25(54-8)14-15-27(28)32)30-21-58-37(42-30)44-34(47)22(2)3/h9,14-16,18,21-24,26,31,33H,1,10-13,17,19-20H2,2-8H3,(H,43,50)(H,42,44,47)(H2,51,52,53)/t23-,26-,31+,33-,40+/m1/s1. The Balaban J connectivity index is 1.35. The Morgan fingerprint density at radius 1 is 1.10 bits per heavy atom. The molecule has 1 aliphatic heterocycles. The molecule has 3 heterocycles. The number of benzene rings is 1. The van der Waals surface area contributed by atoms with Crippen molar-refractivity contribution in [3.05, 3.63) is 42.3 Å². The normalized spacial score (nSPS) is 22.7. The molecule has 6 rings (SSSR count). The third-order valence-corrected chi connectivity index (χ3v) is 13.8. The lowest BCUT2D eigenvalue weighted by molar-refractivity contribution is -0.146. The van der Waals surface area contributed by atoms with Gasteiger partial charge in [-0.1, -0.05) is 40.7 Å². The van der Waals surface area contributed by atoms with Gasteiger partial charge in [0.1, 0.15) is 41.5 Å². The van der Waals surface area contributed by atoms with E-state index in [0.717, 1.165) is 30.6 Å². The van der Waals surface area contributed by atoms with Gasteiger partial charge in [0.2, 0.25) is 17.7 Å². The summed E-state index contributed by atoms with van der Waals surface area (Å²) in [6.07, 6.45) is 2.97. The first-order chi connectivity index (χ1) is 27.3. The number of anilines is 1. The van der Waals surface area contributed by atoms with Gasteiger partial charge in [-0.15, -0.1) is 17.9 Å². The van der Waals surface area contributed by atoms with Crippen LogP contribution < -0.4 is 20.1 Å². The number of ether oxygens (including phenoxy) is 3. The molecule has 3 aliphatic rings. The highest BCUT2D eigenvalue weighted by molar-refractivity contribution is 7.54. The van der Waals surface area contributed by atoms with Crippen LogP contribution in [0.2, 0.25) is 0 Å². The average molecular weight is 841 g/mol. The van der Waals surface area contributed by atoms with Crippen LogP contribution >= 0.6 is 18.9 Å². The molecule has 0 radical (unpaired) electrons. The fourth-order valence-corrected chi connectivity index (χ4v) is 9.93. The number of nitrogens with one attached hydrogen (secondary N) is 2. The van der Waals surface area contributed by atoms with Crippen molar-refractivity contribution < 1.29 is 47.7 Å². The second kappa shape index (κ2) is 16.6. The number of thiazole rings is 1. The maximum atomic E-state index is 14.7. The average Bonchev–Trinajstić information content (AvgIpc) is 3.50. The number of hydrogen-bond acceptors (Lipinski definition) is 11. The van der Waals surface area contributed by atoms with Gasteiger partial charge in [0.15, 0.2) is 10.4 Å².